The number of amides is 1. The van der Waals surface area contributed by atoms with E-state index in [1.165, 1.54) is 4.90 Å². The van der Waals surface area contributed by atoms with Gasteiger partial charge >= 0.3 is 0 Å². The largest absolute Gasteiger partial charge is 0.317 e. The highest BCUT2D eigenvalue weighted by molar-refractivity contribution is 7.80. The van der Waals surface area contributed by atoms with Crippen LogP contribution in [0.15, 0.2) is 41.4 Å². The predicted molar refractivity (Wildman–Crippen MR) is 96.3 cm³/mol. The van der Waals surface area contributed by atoms with Gasteiger partial charge in [-0.1, -0.05) is 23.7 Å². The van der Waals surface area contributed by atoms with Gasteiger partial charge in [-0.25, -0.2) is 0 Å². The number of thiophene rings is 1. The number of halogens is 1. The maximum atomic E-state index is 12.7. The van der Waals surface area contributed by atoms with E-state index in [9.17, 15) is 4.79 Å². The Hall–Kier alpha value is -1.69. The lowest BCUT2D eigenvalue weighted by Gasteiger charge is -2.17. The fourth-order valence-electron chi connectivity index (χ4n) is 2.21. The van der Waals surface area contributed by atoms with Gasteiger partial charge in [0.25, 0.3) is 5.91 Å². The second-order valence-electron chi connectivity index (χ2n) is 4.96. The van der Waals surface area contributed by atoms with E-state index >= 15 is 0 Å². The van der Waals surface area contributed by atoms with Crippen LogP contribution >= 0.6 is 35.2 Å². The molecule has 0 N–H and O–H groups in total. The Bertz CT molecular complexity index is 783. The quantitative estimate of drug-likeness (QED) is 0.596. The van der Waals surface area contributed by atoms with Gasteiger partial charge in [-0.05, 0) is 54.4 Å². The maximum absolute atomic E-state index is 12.7. The molecular weight excluding hydrogens is 336 g/mol. The summed E-state index contributed by atoms with van der Waals surface area (Å²) >= 11 is 13.2. The minimum atomic E-state index is -0.138. The van der Waals surface area contributed by atoms with Crippen molar-refractivity contribution in [2.75, 3.05) is 11.9 Å². The van der Waals surface area contributed by atoms with Crippen molar-refractivity contribution >= 4 is 57.9 Å². The fourth-order valence-corrected chi connectivity index (χ4v) is 3.33. The number of benzene rings is 1. The maximum Gasteiger partial charge on any atom is 0.281 e. The van der Waals surface area contributed by atoms with Crippen LogP contribution in [-0.2, 0) is 4.79 Å². The molecule has 22 heavy (non-hydrogen) atoms. The van der Waals surface area contributed by atoms with Gasteiger partial charge in [-0.3, -0.25) is 9.69 Å². The molecule has 6 heteroatoms. The standard InChI is InChI=1S/C16H13ClN2OS2/c1-10-5-6-11(8-13(10)17)19-15(20)14(18(2)16(19)21)9-12-4-3-7-22-12/h3-9H,1-2H3/b14-9-. The van der Waals surface area contributed by atoms with Crippen molar-refractivity contribution in [1.82, 2.24) is 4.90 Å². The first-order chi connectivity index (χ1) is 10.5. The van der Waals surface area contributed by atoms with Crippen molar-refractivity contribution in [2.45, 2.75) is 6.92 Å². The highest BCUT2D eigenvalue weighted by Crippen LogP contribution is 2.31. The number of thiocarbonyl (C=S) groups is 1. The summed E-state index contributed by atoms with van der Waals surface area (Å²) in [5.41, 5.74) is 2.21. The minimum Gasteiger partial charge on any atom is -0.317 e. The van der Waals surface area contributed by atoms with Gasteiger partial charge in [0.05, 0.1) is 5.69 Å². The van der Waals surface area contributed by atoms with Gasteiger partial charge in [-0.2, -0.15) is 0 Å². The molecule has 1 aliphatic rings. The van der Waals surface area contributed by atoms with E-state index in [4.69, 9.17) is 23.8 Å². The van der Waals surface area contributed by atoms with E-state index in [1.54, 1.807) is 29.4 Å². The predicted octanol–water partition coefficient (Wildman–Crippen LogP) is 4.31. The Morgan fingerprint density at radius 1 is 1.32 bits per heavy atom. The van der Waals surface area contributed by atoms with Crippen LogP contribution in [0.2, 0.25) is 5.02 Å². The van der Waals surface area contributed by atoms with Gasteiger partial charge < -0.3 is 4.90 Å². The molecule has 3 nitrogen and oxygen atoms in total. The Balaban J connectivity index is 2.02. The van der Waals surface area contributed by atoms with Crippen LogP contribution in [0.4, 0.5) is 5.69 Å². The zero-order chi connectivity index (χ0) is 15.9. The van der Waals surface area contributed by atoms with Crippen molar-refractivity contribution in [3.8, 4) is 0 Å². The molecule has 0 bridgehead atoms. The second kappa shape index (κ2) is 5.83. The molecule has 0 spiro atoms. The van der Waals surface area contributed by atoms with Crippen molar-refractivity contribution in [3.63, 3.8) is 0 Å². The molecular formula is C16H13ClN2OS2. The van der Waals surface area contributed by atoms with Crippen molar-refractivity contribution < 1.29 is 4.79 Å². The molecule has 2 aromatic rings. The molecule has 2 heterocycles. The van der Waals surface area contributed by atoms with Crippen molar-refractivity contribution in [1.29, 1.82) is 0 Å². The number of carbonyl (C=O) groups excluding carboxylic acids is 1. The van der Waals surface area contributed by atoms with Crippen molar-refractivity contribution in [2.24, 2.45) is 0 Å². The summed E-state index contributed by atoms with van der Waals surface area (Å²) in [5, 5.41) is 3.04. The average Bonchev–Trinajstić information content (AvgIpc) is 3.06. The molecule has 1 amide bonds. The van der Waals surface area contributed by atoms with E-state index in [2.05, 4.69) is 0 Å². The first-order valence-corrected chi connectivity index (χ1v) is 8.29. The van der Waals surface area contributed by atoms with E-state index in [0.717, 1.165) is 10.4 Å². The Kier molecular flexibility index (Phi) is 4.04. The third kappa shape index (κ3) is 2.56. The van der Waals surface area contributed by atoms with E-state index < -0.39 is 0 Å². The number of anilines is 1. The number of hydrogen-bond acceptors (Lipinski definition) is 3. The number of rotatable bonds is 2. The first-order valence-electron chi connectivity index (χ1n) is 6.62. The van der Waals surface area contributed by atoms with Crippen LogP contribution in [0.25, 0.3) is 6.08 Å². The fraction of sp³-hybridized carbons (Fsp3) is 0.125. The van der Waals surface area contributed by atoms with Crippen LogP contribution in [0.3, 0.4) is 0 Å². The lowest BCUT2D eigenvalue weighted by atomic mass is 10.2. The normalized spacial score (nSPS) is 17.0. The molecule has 3 rings (SSSR count). The van der Waals surface area contributed by atoms with Crippen LogP contribution in [0, 0.1) is 6.92 Å². The molecule has 1 saturated heterocycles. The summed E-state index contributed by atoms with van der Waals surface area (Å²) < 4.78 is 0. The zero-order valence-corrected chi connectivity index (χ0v) is 14.4. The molecule has 112 valence electrons. The van der Waals surface area contributed by atoms with Crippen molar-refractivity contribution in [3.05, 3.63) is 56.9 Å². The third-order valence-corrected chi connectivity index (χ3v) is 5.18. The number of aryl methyl sites for hydroxylation is 1. The Morgan fingerprint density at radius 3 is 2.73 bits per heavy atom. The highest BCUT2D eigenvalue weighted by Gasteiger charge is 2.36. The lowest BCUT2D eigenvalue weighted by molar-refractivity contribution is -0.114. The average molecular weight is 349 g/mol. The van der Waals surface area contributed by atoms with Gasteiger partial charge in [0, 0.05) is 16.9 Å². The second-order valence-corrected chi connectivity index (χ2v) is 6.71. The Morgan fingerprint density at radius 2 is 2.09 bits per heavy atom. The van der Waals surface area contributed by atoms with Gasteiger partial charge in [0.2, 0.25) is 0 Å². The summed E-state index contributed by atoms with van der Waals surface area (Å²) in [6, 6.07) is 9.42. The first kappa shape index (κ1) is 15.2. The number of carbonyl (C=O) groups is 1. The monoisotopic (exact) mass is 348 g/mol. The summed E-state index contributed by atoms with van der Waals surface area (Å²) in [4.78, 5) is 17.0. The number of hydrogen-bond donors (Lipinski definition) is 0. The molecule has 0 aliphatic carbocycles. The molecule has 0 radical (unpaired) electrons. The van der Waals surface area contributed by atoms with E-state index in [0.29, 0.717) is 21.5 Å². The van der Waals surface area contributed by atoms with E-state index in [-0.39, 0.29) is 5.91 Å². The highest BCUT2D eigenvalue weighted by atomic mass is 35.5. The van der Waals surface area contributed by atoms with Crippen LogP contribution in [0.1, 0.15) is 10.4 Å². The molecule has 1 aromatic heterocycles. The van der Waals surface area contributed by atoms with Crippen LogP contribution in [0.5, 0.6) is 0 Å². The SMILES string of the molecule is Cc1ccc(N2C(=O)/C(=C/c3cccs3)N(C)C2=S)cc1Cl. The molecule has 1 fully saturated rings. The zero-order valence-electron chi connectivity index (χ0n) is 12.0. The number of likely N-dealkylation sites (N-methyl/N-ethyl adjacent to an activating group) is 1. The van der Waals surface area contributed by atoms with Crippen LogP contribution in [-0.4, -0.2) is 23.0 Å². The smallest absolute Gasteiger partial charge is 0.281 e. The summed E-state index contributed by atoms with van der Waals surface area (Å²) in [5.74, 6) is -0.138. The summed E-state index contributed by atoms with van der Waals surface area (Å²) in [6.07, 6.45) is 1.86. The van der Waals surface area contributed by atoms with Gasteiger partial charge in [-0.15, -0.1) is 11.3 Å². The molecule has 0 saturated carbocycles. The third-order valence-electron chi connectivity index (χ3n) is 3.50. The summed E-state index contributed by atoms with van der Waals surface area (Å²) in [7, 11) is 1.80. The topological polar surface area (TPSA) is 23.6 Å². The molecule has 1 aliphatic heterocycles. The number of nitrogens with zero attached hydrogens (tertiary/aromatic N) is 2. The molecule has 0 unspecified atom stereocenters. The lowest BCUT2D eigenvalue weighted by Crippen LogP contribution is -2.31. The van der Waals surface area contributed by atoms with Gasteiger partial charge in [0.1, 0.15) is 5.70 Å². The van der Waals surface area contributed by atoms with Gasteiger partial charge in [0.15, 0.2) is 5.11 Å². The van der Waals surface area contributed by atoms with Crippen LogP contribution < -0.4 is 4.90 Å². The molecule has 0 atom stereocenters. The summed E-state index contributed by atoms with van der Waals surface area (Å²) in [6.45, 7) is 1.92. The minimum absolute atomic E-state index is 0.138. The Labute approximate surface area is 143 Å². The van der Waals surface area contributed by atoms with E-state index in [1.807, 2.05) is 42.6 Å². The molecule has 1 aromatic carbocycles.